The summed E-state index contributed by atoms with van der Waals surface area (Å²) in [5.41, 5.74) is 1.25. The summed E-state index contributed by atoms with van der Waals surface area (Å²) in [4.78, 5) is 0. The third-order valence-corrected chi connectivity index (χ3v) is 2.97. The largest absolute Gasteiger partial charge is 0.382 e. The lowest BCUT2D eigenvalue weighted by atomic mass is 10.1. The summed E-state index contributed by atoms with van der Waals surface area (Å²) in [5.74, 6) is 0. The lowest BCUT2D eigenvalue weighted by Gasteiger charge is -2.13. The van der Waals surface area contributed by atoms with Crippen LogP contribution >= 0.6 is 23.2 Å². The number of nitrogens with zero attached hydrogens (tertiary/aromatic N) is 2. The van der Waals surface area contributed by atoms with Gasteiger partial charge in [-0.1, -0.05) is 23.2 Å². The second kappa shape index (κ2) is 4.45. The monoisotopic (exact) mass is 256 g/mol. The molecule has 1 unspecified atom stereocenters. The van der Waals surface area contributed by atoms with Crippen LogP contribution in [0.5, 0.6) is 0 Å². The van der Waals surface area contributed by atoms with Gasteiger partial charge in [0.1, 0.15) is 6.10 Å². The quantitative estimate of drug-likeness (QED) is 0.898. The zero-order chi connectivity index (χ0) is 11.7. The molecule has 84 valence electrons. The summed E-state index contributed by atoms with van der Waals surface area (Å²) in [6.45, 7) is 0. The average molecular weight is 257 g/mol. The molecule has 0 fully saturated rings. The number of halogens is 2. The van der Waals surface area contributed by atoms with Gasteiger partial charge in [0, 0.05) is 28.9 Å². The maximum absolute atomic E-state index is 10.2. The van der Waals surface area contributed by atoms with E-state index in [0.717, 1.165) is 0 Å². The van der Waals surface area contributed by atoms with Crippen LogP contribution in [0.2, 0.25) is 10.0 Å². The summed E-state index contributed by atoms with van der Waals surface area (Å²) in [7, 11) is 1.76. The lowest BCUT2D eigenvalue weighted by molar-refractivity contribution is 0.210. The van der Waals surface area contributed by atoms with E-state index in [1.165, 1.54) is 0 Å². The molecule has 16 heavy (non-hydrogen) atoms. The van der Waals surface area contributed by atoms with Crippen molar-refractivity contribution in [3.63, 3.8) is 0 Å². The molecule has 0 spiro atoms. The van der Waals surface area contributed by atoms with Crippen LogP contribution in [-0.2, 0) is 7.05 Å². The second-order valence-electron chi connectivity index (χ2n) is 3.45. The van der Waals surface area contributed by atoms with Crippen LogP contribution in [0.1, 0.15) is 17.4 Å². The van der Waals surface area contributed by atoms with Gasteiger partial charge in [0.25, 0.3) is 0 Å². The van der Waals surface area contributed by atoms with E-state index in [4.69, 9.17) is 23.2 Å². The highest BCUT2D eigenvalue weighted by Crippen LogP contribution is 2.30. The Morgan fingerprint density at radius 2 is 2.06 bits per heavy atom. The minimum absolute atomic E-state index is 0.484. The first kappa shape index (κ1) is 11.5. The van der Waals surface area contributed by atoms with Crippen molar-refractivity contribution in [2.75, 3.05) is 0 Å². The number of aliphatic hydroxyl groups excluding tert-OH is 1. The molecule has 2 aromatic rings. The number of hydrogen-bond donors (Lipinski definition) is 1. The molecule has 0 saturated heterocycles. The Labute approximate surface area is 103 Å². The third kappa shape index (κ3) is 2.07. The predicted octanol–water partition coefficient (Wildman–Crippen LogP) is 2.81. The fraction of sp³-hybridized carbons (Fsp3) is 0.182. The van der Waals surface area contributed by atoms with Gasteiger partial charge in [-0.2, -0.15) is 5.10 Å². The van der Waals surface area contributed by atoms with E-state index >= 15 is 0 Å². The Morgan fingerprint density at radius 1 is 1.31 bits per heavy atom. The third-order valence-electron chi connectivity index (χ3n) is 2.39. The van der Waals surface area contributed by atoms with Crippen molar-refractivity contribution in [1.29, 1.82) is 0 Å². The van der Waals surface area contributed by atoms with Crippen LogP contribution in [0, 0.1) is 0 Å². The Kier molecular flexibility index (Phi) is 3.19. The SMILES string of the molecule is Cn1nccc1C(O)c1cc(Cl)ccc1Cl. The van der Waals surface area contributed by atoms with Gasteiger partial charge in [0.05, 0.1) is 5.69 Å². The van der Waals surface area contributed by atoms with Gasteiger partial charge in [0.2, 0.25) is 0 Å². The van der Waals surface area contributed by atoms with Gasteiger partial charge in [-0.05, 0) is 24.3 Å². The number of hydrogen-bond acceptors (Lipinski definition) is 2. The number of rotatable bonds is 2. The summed E-state index contributed by atoms with van der Waals surface area (Å²) in [6.07, 6.45) is 0.801. The van der Waals surface area contributed by atoms with Crippen LogP contribution in [0.3, 0.4) is 0 Å². The molecular weight excluding hydrogens is 247 g/mol. The first-order chi connectivity index (χ1) is 7.59. The molecule has 1 aromatic carbocycles. The molecule has 1 aromatic heterocycles. The zero-order valence-corrected chi connectivity index (χ0v) is 10.1. The van der Waals surface area contributed by atoms with Crippen LogP contribution in [0.25, 0.3) is 0 Å². The summed E-state index contributed by atoms with van der Waals surface area (Å²) in [5, 5.41) is 15.2. The van der Waals surface area contributed by atoms with E-state index < -0.39 is 6.10 Å². The Balaban J connectivity index is 2.45. The summed E-state index contributed by atoms with van der Waals surface area (Å²) < 4.78 is 1.60. The highest BCUT2D eigenvalue weighted by molar-refractivity contribution is 6.33. The smallest absolute Gasteiger partial charge is 0.122 e. The number of aryl methyl sites for hydroxylation is 1. The van der Waals surface area contributed by atoms with Crippen molar-refractivity contribution in [3.8, 4) is 0 Å². The minimum Gasteiger partial charge on any atom is -0.382 e. The molecule has 3 nitrogen and oxygen atoms in total. The molecule has 0 saturated carbocycles. The molecule has 0 aliphatic carbocycles. The maximum Gasteiger partial charge on any atom is 0.122 e. The Hall–Kier alpha value is -1.03. The van der Waals surface area contributed by atoms with Gasteiger partial charge in [-0.25, -0.2) is 0 Å². The van der Waals surface area contributed by atoms with Crippen LogP contribution in [-0.4, -0.2) is 14.9 Å². The van der Waals surface area contributed by atoms with Gasteiger partial charge < -0.3 is 5.11 Å². The lowest BCUT2D eigenvalue weighted by Crippen LogP contribution is -2.07. The first-order valence-corrected chi connectivity index (χ1v) is 5.46. The Bertz CT molecular complexity index is 510. The normalized spacial score (nSPS) is 12.8. The van der Waals surface area contributed by atoms with Crippen LogP contribution in [0.15, 0.2) is 30.5 Å². The number of benzene rings is 1. The molecule has 0 bridgehead atoms. The van der Waals surface area contributed by atoms with Crippen molar-refractivity contribution < 1.29 is 5.11 Å². The van der Waals surface area contributed by atoms with Crippen LogP contribution < -0.4 is 0 Å². The van der Waals surface area contributed by atoms with E-state index in [1.807, 2.05) is 0 Å². The van der Waals surface area contributed by atoms with E-state index in [-0.39, 0.29) is 0 Å². The highest BCUT2D eigenvalue weighted by Gasteiger charge is 2.17. The standard InChI is InChI=1S/C11H10Cl2N2O/c1-15-10(4-5-14-15)11(16)8-6-7(12)2-3-9(8)13/h2-6,11,16H,1H3. The molecule has 1 atom stereocenters. The second-order valence-corrected chi connectivity index (χ2v) is 4.29. The van der Waals surface area contributed by atoms with E-state index in [2.05, 4.69) is 5.10 Å². The summed E-state index contributed by atoms with van der Waals surface area (Å²) in [6, 6.07) is 6.74. The summed E-state index contributed by atoms with van der Waals surface area (Å²) >= 11 is 11.9. The Morgan fingerprint density at radius 3 is 2.69 bits per heavy atom. The van der Waals surface area contributed by atoms with Crippen molar-refractivity contribution >= 4 is 23.2 Å². The van der Waals surface area contributed by atoms with Gasteiger partial charge in [-0.15, -0.1) is 0 Å². The molecule has 5 heteroatoms. The topological polar surface area (TPSA) is 38.0 Å². The highest BCUT2D eigenvalue weighted by atomic mass is 35.5. The van der Waals surface area contributed by atoms with Gasteiger partial charge in [0.15, 0.2) is 0 Å². The fourth-order valence-electron chi connectivity index (χ4n) is 1.54. The van der Waals surface area contributed by atoms with E-state index in [1.54, 1.807) is 42.2 Å². The molecule has 0 aliphatic rings. The van der Waals surface area contributed by atoms with E-state index in [0.29, 0.717) is 21.3 Å². The average Bonchev–Trinajstić information content (AvgIpc) is 2.67. The van der Waals surface area contributed by atoms with Gasteiger partial charge >= 0.3 is 0 Å². The van der Waals surface area contributed by atoms with Crippen molar-refractivity contribution in [3.05, 3.63) is 51.8 Å². The molecule has 2 rings (SSSR count). The molecule has 0 radical (unpaired) electrons. The molecule has 1 heterocycles. The number of aliphatic hydroxyl groups is 1. The molecule has 0 aliphatic heterocycles. The van der Waals surface area contributed by atoms with Gasteiger partial charge in [-0.3, -0.25) is 4.68 Å². The molecule has 1 N–H and O–H groups in total. The minimum atomic E-state index is -0.821. The zero-order valence-electron chi connectivity index (χ0n) is 8.56. The van der Waals surface area contributed by atoms with E-state index in [9.17, 15) is 5.11 Å². The van der Waals surface area contributed by atoms with Crippen molar-refractivity contribution in [2.24, 2.45) is 7.05 Å². The molecular formula is C11H10Cl2N2O. The maximum atomic E-state index is 10.2. The number of aromatic nitrogens is 2. The first-order valence-electron chi connectivity index (χ1n) is 4.70. The van der Waals surface area contributed by atoms with Crippen molar-refractivity contribution in [1.82, 2.24) is 9.78 Å². The predicted molar refractivity (Wildman–Crippen MR) is 63.7 cm³/mol. The fourth-order valence-corrected chi connectivity index (χ4v) is 1.94. The van der Waals surface area contributed by atoms with Crippen LogP contribution in [0.4, 0.5) is 0 Å². The molecule has 0 amide bonds. The van der Waals surface area contributed by atoms with Crippen molar-refractivity contribution in [2.45, 2.75) is 6.10 Å².